The second kappa shape index (κ2) is 5.38. The zero-order chi connectivity index (χ0) is 15.1. The molecule has 2 aliphatic rings. The summed E-state index contributed by atoms with van der Waals surface area (Å²) in [6.45, 7) is 3.79. The van der Waals surface area contributed by atoms with E-state index in [0.717, 1.165) is 19.5 Å². The maximum absolute atomic E-state index is 12.8. The number of likely N-dealkylation sites (tertiary alicyclic amines) is 1. The SMILES string of the molecule is CC1CC2CNCC2N1C(=O)c1cc(Br)cc([N+](=O)[O-])c1. The molecule has 0 bridgehead atoms. The normalized spacial score (nSPS) is 27.7. The van der Waals surface area contributed by atoms with E-state index in [1.165, 1.54) is 12.1 Å². The van der Waals surface area contributed by atoms with E-state index in [2.05, 4.69) is 21.2 Å². The van der Waals surface area contributed by atoms with E-state index in [9.17, 15) is 14.9 Å². The molecule has 3 atom stereocenters. The van der Waals surface area contributed by atoms with Crippen molar-refractivity contribution in [1.29, 1.82) is 0 Å². The number of halogens is 1. The van der Waals surface area contributed by atoms with E-state index in [0.29, 0.717) is 16.0 Å². The van der Waals surface area contributed by atoms with Crippen molar-refractivity contribution < 1.29 is 9.72 Å². The van der Waals surface area contributed by atoms with E-state index in [4.69, 9.17) is 0 Å². The number of fused-ring (bicyclic) bond motifs is 1. The molecule has 3 unspecified atom stereocenters. The average molecular weight is 354 g/mol. The van der Waals surface area contributed by atoms with Gasteiger partial charge in [0.1, 0.15) is 0 Å². The quantitative estimate of drug-likeness (QED) is 0.653. The van der Waals surface area contributed by atoms with Crippen LogP contribution in [0.4, 0.5) is 5.69 Å². The molecule has 2 aliphatic heterocycles. The van der Waals surface area contributed by atoms with Gasteiger partial charge in [0.15, 0.2) is 0 Å². The minimum Gasteiger partial charge on any atom is -0.331 e. The maximum atomic E-state index is 12.8. The Bertz CT molecular complexity index is 607. The largest absolute Gasteiger partial charge is 0.331 e. The molecule has 7 heteroatoms. The van der Waals surface area contributed by atoms with Crippen molar-refractivity contribution in [2.75, 3.05) is 13.1 Å². The van der Waals surface area contributed by atoms with Crippen LogP contribution in [0.25, 0.3) is 0 Å². The molecule has 1 aromatic rings. The van der Waals surface area contributed by atoms with Gasteiger partial charge < -0.3 is 10.2 Å². The summed E-state index contributed by atoms with van der Waals surface area (Å²) >= 11 is 3.24. The molecule has 2 fully saturated rings. The second-order valence-electron chi connectivity index (χ2n) is 5.74. The van der Waals surface area contributed by atoms with Crippen LogP contribution < -0.4 is 5.32 Å². The van der Waals surface area contributed by atoms with Gasteiger partial charge in [-0.15, -0.1) is 0 Å². The molecule has 21 heavy (non-hydrogen) atoms. The minimum atomic E-state index is -0.477. The summed E-state index contributed by atoms with van der Waals surface area (Å²) in [5, 5.41) is 14.3. The van der Waals surface area contributed by atoms with Gasteiger partial charge in [0.25, 0.3) is 11.6 Å². The van der Waals surface area contributed by atoms with Gasteiger partial charge in [-0.1, -0.05) is 15.9 Å². The number of nitrogens with zero attached hydrogens (tertiary/aromatic N) is 2. The lowest BCUT2D eigenvalue weighted by molar-refractivity contribution is -0.385. The number of benzene rings is 1. The molecule has 1 aromatic carbocycles. The second-order valence-corrected chi connectivity index (χ2v) is 6.65. The first-order chi connectivity index (χ1) is 9.97. The number of nitro benzene ring substituents is 1. The standard InChI is InChI=1S/C14H16BrN3O3/c1-8-2-10-6-16-7-13(10)17(8)14(19)9-3-11(15)5-12(4-9)18(20)21/h3-5,8,10,13,16H,2,6-7H2,1H3. The molecule has 0 aromatic heterocycles. The summed E-state index contributed by atoms with van der Waals surface area (Å²) in [7, 11) is 0. The third-order valence-corrected chi connectivity index (χ3v) is 4.81. The average Bonchev–Trinajstić information content (AvgIpc) is 2.97. The summed E-state index contributed by atoms with van der Waals surface area (Å²) < 4.78 is 0.549. The van der Waals surface area contributed by atoms with Crippen LogP contribution in [-0.4, -0.2) is 40.9 Å². The molecule has 2 heterocycles. The highest BCUT2D eigenvalue weighted by Crippen LogP contribution is 2.34. The van der Waals surface area contributed by atoms with Crippen LogP contribution in [0.15, 0.2) is 22.7 Å². The Kier molecular flexibility index (Phi) is 3.71. The van der Waals surface area contributed by atoms with Gasteiger partial charge in [0.2, 0.25) is 0 Å². The van der Waals surface area contributed by atoms with E-state index < -0.39 is 4.92 Å². The van der Waals surface area contributed by atoms with Crippen LogP contribution in [0.5, 0.6) is 0 Å². The molecular formula is C14H16BrN3O3. The predicted octanol–water partition coefficient (Wildman–Crippen LogP) is 2.18. The lowest BCUT2D eigenvalue weighted by Gasteiger charge is -2.27. The lowest BCUT2D eigenvalue weighted by atomic mass is 10.0. The number of nitrogens with one attached hydrogen (secondary N) is 1. The van der Waals surface area contributed by atoms with E-state index in [1.54, 1.807) is 6.07 Å². The molecule has 1 N–H and O–H groups in total. The van der Waals surface area contributed by atoms with Crippen LogP contribution >= 0.6 is 15.9 Å². The molecule has 0 aliphatic carbocycles. The van der Waals surface area contributed by atoms with Crippen molar-refractivity contribution in [3.05, 3.63) is 38.3 Å². The maximum Gasteiger partial charge on any atom is 0.271 e. The smallest absolute Gasteiger partial charge is 0.271 e. The van der Waals surface area contributed by atoms with Crippen LogP contribution in [0, 0.1) is 16.0 Å². The van der Waals surface area contributed by atoms with Crippen molar-refractivity contribution in [3.8, 4) is 0 Å². The van der Waals surface area contributed by atoms with E-state index >= 15 is 0 Å². The first kappa shape index (κ1) is 14.5. The molecule has 1 amide bonds. The van der Waals surface area contributed by atoms with Crippen molar-refractivity contribution >= 4 is 27.5 Å². The molecule has 0 spiro atoms. The number of hydrogen-bond acceptors (Lipinski definition) is 4. The number of non-ortho nitro benzene ring substituents is 1. The Morgan fingerprint density at radius 3 is 2.90 bits per heavy atom. The third kappa shape index (κ3) is 2.55. The summed E-state index contributed by atoms with van der Waals surface area (Å²) in [6.07, 6.45) is 0.986. The summed E-state index contributed by atoms with van der Waals surface area (Å²) in [5.74, 6) is 0.370. The highest BCUT2D eigenvalue weighted by atomic mass is 79.9. The Balaban J connectivity index is 1.93. The third-order valence-electron chi connectivity index (χ3n) is 4.36. The highest BCUT2D eigenvalue weighted by molar-refractivity contribution is 9.10. The number of hydrogen-bond donors (Lipinski definition) is 1. The van der Waals surface area contributed by atoms with Crippen molar-refractivity contribution in [1.82, 2.24) is 10.2 Å². The molecule has 3 rings (SSSR count). The van der Waals surface area contributed by atoms with Gasteiger partial charge in [-0.25, -0.2) is 0 Å². The lowest BCUT2D eigenvalue weighted by Crippen LogP contribution is -2.42. The van der Waals surface area contributed by atoms with Crippen molar-refractivity contribution in [2.24, 2.45) is 5.92 Å². The summed E-state index contributed by atoms with van der Waals surface area (Å²) in [5.41, 5.74) is 0.302. The summed E-state index contributed by atoms with van der Waals surface area (Å²) in [6, 6.07) is 4.79. The van der Waals surface area contributed by atoms with Crippen LogP contribution in [-0.2, 0) is 0 Å². The Hall–Kier alpha value is -1.47. The van der Waals surface area contributed by atoms with Gasteiger partial charge in [0, 0.05) is 47.3 Å². The first-order valence-electron chi connectivity index (χ1n) is 6.95. The minimum absolute atomic E-state index is 0.0688. The van der Waals surface area contributed by atoms with Crippen molar-refractivity contribution in [2.45, 2.75) is 25.4 Å². The fourth-order valence-electron chi connectivity index (χ4n) is 3.47. The van der Waals surface area contributed by atoms with Crippen molar-refractivity contribution in [3.63, 3.8) is 0 Å². The van der Waals surface area contributed by atoms with Gasteiger partial charge in [-0.3, -0.25) is 14.9 Å². The van der Waals surface area contributed by atoms with Gasteiger partial charge in [-0.2, -0.15) is 0 Å². The fraction of sp³-hybridized carbons (Fsp3) is 0.500. The fourth-order valence-corrected chi connectivity index (χ4v) is 3.95. The van der Waals surface area contributed by atoms with Gasteiger partial charge in [-0.05, 0) is 25.3 Å². The topological polar surface area (TPSA) is 75.5 Å². The number of rotatable bonds is 2. The van der Waals surface area contributed by atoms with E-state index in [1.807, 2.05) is 11.8 Å². The number of nitro groups is 1. The number of amides is 1. The molecular weight excluding hydrogens is 338 g/mol. The molecule has 0 radical (unpaired) electrons. The van der Waals surface area contributed by atoms with Crippen LogP contribution in [0.1, 0.15) is 23.7 Å². The Morgan fingerprint density at radius 2 is 2.19 bits per heavy atom. The number of carbonyl (C=O) groups excluding carboxylic acids is 1. The molecule has 112 valence electrons. The Labute approximate surface area is 130 Å². The monoisotopic (exact) mass is 353 g/mol. The van der Waals surface area contributed by atoms with Gasteiger partial charge in [0.05, 0.1) is 4.92 Å². The Morgan fingerprint density at radius 1 is 1.43 bits per heavy atom. The molecule has 6 nitrogen and oxygen atoms in total. The predicted molar refractivity (Wildman–Crippen MR) is 81.2 cm³/mol. The highest BCUT2D eigenvalue weighted by Gasteiger charge is 2.44. The van der Waals surface area contributed by atoms with Crippen LogP contribution in [0.2, 0.25) is 0 Å². The van der Waals surface area contributed by atoms with Crippen LogP contribution in [0.3, 0.4) is 0 Å². The zero-order valence-corrected chi connectivity index (χ0v) is 13.2. The first-order valence-corrected chi connectivity index (χ1v) is 7.75. The van der Waals surface area contributed by atoms with Gasteiger partial charge >= 0.3 is 0 Å². The summed E-state index contributed by atoms with van der Waals surface area (Å²) in [4.78, 5) is 25.1. The van der Waals surface area contributed by atoms with E-state index in [-0.39, 0.29) is 23.7 Å². The zero-order valence-electron chi connectivity index (χ0n) is 11.6. The molecule has 0 saturated carbocycles. The number of carbonyl (C=O) groups is 1. The molecule has 2 saturated heterocycles.